The second kappa shape index (κ2) is 8.15. The number of pyridine rings is 1. The van der Waals surface area contributed by atoms with E-state index in [9.17, 15) is 9.90 Å². The van der Waals surface area contributed by atoms with Crippen molar-refractivity contribution in [2.45, 2.75) is 59.0 Å². The van der Waals surface area contributed by atoms with Crippen LogP contribution in [0.3, 0.4) is 0 Å². The molecule has 27 heavy (non-hydrogen) atoms. The zero-order valence-corrected chi connectivity index (χ0v) is 17.0. The zero-order valence-electron chi connectivity index (χ0n) is 17.0. The number of rotatable bonds is 6. The summed E-state index contributed by atoms with van der Waals surface area (Å²) in [7, 11) is 0. The highest BCUT2D eigenvalue weighted by Crippen LogP contribution is 2.42. The quantitative estimate of drug-likeness (QED) is 0.799. The van der Waals surface area contributed by atoms with Crippen molar-refractivity contribution in [3.63, 3.8) is 0 Å². The van der Waals surface area contributed by atoms with Crippen molar-refractivity contribution in [1.82, 2.24) is 10.3 Å². The number of aliphatic hydroxyl groups is 1. The number of ether oxygens (including phenoxy) is 1. The lowest BCUT2D eigenvalue weighted by molar-refractivity contribution is 0.0551. The lowest BCUT2D eigenvalue weighted by atomic mass is 9.87. The number of amides is 1. The van der Waals surface area contributed by atoms with Crippen LogP contribution in [-0.4, -0.2) is 54.9 Å². The third-order valence-corrected chi connectivity index (χ3v) is 5.46. The van der Waals surface area contributed by atoms with E-state index in [1.54, 1.807) is 0 Å². The smallest absolute Gasteiger partial charge is 0.253 e. The van der Waals surface area contributed by atoms with Gasteiger partial charge in [-0.15, -0.1) is 0 Å². The maximum atomic E-state index is 12.9. The summed E-state index contributed by atoms with van der Waals surface area (Å²) in [4.78, 5) is 20.0. The van der Waals surface area contributed by atoms with Gasteiger partial charge in [0, 0.05) is 25.6 Å². The van der Waals surface area contributed by atoms with Crippen LogP contribution in [0.4, 0.5) is 5.82 Å². The van der Waals surface area contributed by atoms with E-state index < -0.39 is 6.10 Å². The number of carbonyl (C=O) groups excluding carboxylic acids is 1. The molecule has 1 aliphatic carbocycles. The number of hydrogen-bond donors (Lipinski definition) is 2. The number of carbonyl (C=O) groups is 1. The fourth-order valence-electron chi connectivity index (χ4n) is 3.43. The molecule has 1 aromatic heterocycles. The molecule has 1 aliphatic heterocycles. The van der Waals surface area contributed by atoms with Crippen LogP contribution in [0.2, 0.25) is 0 Å². The molecule has 6 nitrogen and oxygen atoms in total. The van der Waals surface area contributed by atoms with Crippen LogP contribution in [0.15, 0.2) is 6.07 Å². The second-order valence-corrected chi connectivity index (χ2v) is 8.86. The average Bonchev–Trinajstić information content (AvgIpc) is 3.45. The van der Waals surface area contributed by atoms with Gasteiger partial charge in [-0.1, -0.05) is 20.8 Å². The van der Waals surface area contributed by atoms with E-state index in [0.29, 0.717) is 18.9 Å². The second-order valence-electron chi connectivity index (χ2n) is 8.86. The van der Waals surface area contributed by atoms with Gasteiger partial charge in [0.15, 0.2) is 0 Å². The molecule has 0 bridgehead atoms. The number of nitrogens with one attached hydrogen (secondary N) is 1. The van der Waals surface area contributed by atoms with Crippen molar-refractivity contribution in [2.75, 3.05) is 37.7 Å². The van der Waals surface area contributed by atoms with Gasteiger partial charge in [-0.2, -0.15) is 0 Å². The highest BCUT2D eigenvalue weighted by Gasteiger charge is 2.32. The maximum absolute atomic E-state index is 12.9. The molecule has 150 valence electrons. The summed E-state index contributed by atoms with van der Waals surface area (Å²) in [5, 5.41) is 13.2. The van der Waals surface area contributed by atoms with Gasteiger partial charge in [-0.05, 0) is 43.2 Å². The molecule has 1 aromatic rings. The Kier molecular flexibility index (Phi) is 6.06. The lowest BCUT2D eigenvalue weighted by Crippen LogP contribution is -2.37. The molecule has 3 rings (SSSR count). The molecule has 2 heterocycles. The molecule has 1 atom stereocenters. The monoisotopic (exact) mass is 375 g/mol. The third kappa shape index (κ3) is 4.99. The number of nitrogens with zero attached hydrogens (tertiary/aromatic N) is 2. The fourth-order valence-corrected chi connectivity index (χ4v) is 3.43. The first-order chi connectivity index (χ1) is 12.8. The van der Waals surface area contributed by atoms with Gasteiger partial charge >= 0.3 is 0 Å². The molecular formula is C21H33N3O3. The minimum absolute atomic E-state index is 0.0727. The van der Waals surface area contributed by atoms with E-state index in [-0.39, 0.29) is 11.3 Å². The Morgan fingerprint density at radius 3 is 2.63 bits per heavy atom. The summed E-state index contributed by atoms with van der Waals surface area (Å²) in [6, 6.07) is 2.02. The Hall–Kier alpha value is -1.66. The number of anilines is 1. The van der Waals surface area contributed by atoms with E-state index in [4.69, 9.17) is 9.72 Å². The first kappa shape index (κ1) is 20.1. The van der Waals surface area contributed by atoms with Gasteiger partial charge in [-0.25, -0.2) is 4.98 Å². The summed E-state index contributed by atoms with van der Waals surface area (Å²) in [6.07, 6.45) is 2.31. The summed E-state index contributed by atoms with van der Waals surface area (Å²) in [6.45, 7) is 11.6. The van der Waals surface area contributed by atoms with Crippen LogP contribution >= 0.6 is 0 Å². The van der Waals surface area contributed by atoms with Crippen LogP contribution < -0.4 is 10.2 Å². The molecule has 1 saturated heterocycles. The third-order valence-electron chi connectivity index (χ3n) is 5.46. The first-order valence-corrected chi connectivity index (χ1v) is 10.1. The molecule has 2 aliphatic rings. The molecule has 2 fully saturated rings. The normalized spacial score (nSPS) is 19.1. The Bertz CT molecular complexity index is 674. The molecule has 1 amide bonds. The van der Waals surface area contributed by atoms with Crippen LogP contribution in [-0.2, 0) is 4.74 Å². The highest BCUT2D eigenvalue weighted by atomic mass is 16.5. The van der Waals surface area contributed by atoms with E-state index in [0.717, 1.165) is 61.8 Å². The summed E-state index contributed by atoms with van der Waals surface area (Å²) >= 11 is 0. The van der Waals surface area contributed by atoms with Crippen LogP contribution in [0.25, 0.3) is 0 Å². The number of aromatic nitrogens is 1. The van der Waals surface area contributed by atoms with Crippen molar-refractivity contribution in [3.8, 4) is 0 Å². The summed E-state index contributed by atoms with van der Waals surface area (Å²) in [5.74, 6) is 1.28. The van der Waals surface area contributed by atoms with Crippen molar-refractivity contribution in [3.05, 3.63) is 22.9 Å². The standard InChI is InChI=1S/C21H33N3O3/c1-14-13-17(24-9-11-27-12-10-24)23-19(15-5-6-15)18(14)20(26)22-8-7-16(25)21(2,3)4/h13,15-16,25H,5-12H2,1-4H3,(H,22,26). The van der Waals surface area contributed by atoms with E-state index in [1.807, 2.05) is 33.8 Å². The van der Waals surface area contributed by atoms with Crippen molar-refractivity contribution >= 4 is 11.7 Å². The topological polar surface area (TPSA) is 74.7 Å². The lowest BCUT2D eigenvalue weighted by Gasteiger charge is -2.29. The molecule has 0 radical (unpaired) electrons. The van der Waals surface area contributed by atoms with E-state index in [2.05, 4.69) is 10.2 Å². The van der Waals surface area contributed by atoms with Gasteiger partial charge in [0.1, 0.15) is 5.82 Å². The number of aryl methyl sites for hydroxylation is 1. The predicted octanol–water partition coefficient (Wildman–Crippen LogP) is 2.63. The molecule has 0 spiro atoms. The zero-order chi connectivity index (χ0) is 19.6. The molecule has 1 saturated carbocycles. The molecule has 1 unspecified atom stereocenters. The van der Waals surface area contributed by atoms with Gasteiger partial charge in [-0.3, -0.25) is 4.79 Å². The fraction of sp³-hybridized carbons (Fsp3) is 0.714. The Morgan fingerprint density at radius 1 is 1.37 bits per heavy atom. The number of hydrogen-bond acceptors (Lipinski definition) is 5. The highest BCUT2D eigenvalue weighted by molar-refractivity contribution is 5.97. The Labute approximate surface area is 162 Å². The molecular weight excluding hydrogens is 342 g/mol. The van der Waals surface area contributed by atoms with Gasteiger partial charge in [0.05, 0.1) is 30.6 Å². The number of aliphatic hydroxyl groups excluding tert-OH is 1. The van der Waals surface area contributed by atoms with Crippen molar-refractivity contribution in [1.29, 1.82) is 0 Å². The minimum Gasteiger partial charge on any atom is -0.393 e. The largest absolute Gasteiger partial charge is 0.393 e. The first-order valence-electron chi connectivity index (χ1n) is 10.1. The van der Waals surface area contributed by atoms with Crippen molar-refractivity contribution in [2.24, 2.45) is 5.41 Å². The summed E-state index contributed by atoms with van der Waals surface area (Å²) < 4.78 is 5.44. The van der Waals surface area contributed by atoms with Crippen LogP contribution in [0.5, 0.6) is 0 Å². The van der Waals surface area contributed by atoms with Crippen molar-refractivity contribution < 1.29 is 14.6 Å². The van der Waals surface area contributed by atoms with Crippen LogP contribution in [0.1, 0.15) is 67.6 Å². The molecule has 0 aromatic carbocycles. The maximum Gasteiger partial charge on any atom is 0.253 e. The predicted molar refractivity (Wildman–Crippen MR) is 106 cm³/mol. The number of morpholine rings is 1. The van der Waals surface area contributed by atoms with Gasteiger partial charge < -0.3 is 20.1 Å². The molecule has 6 heteroatoms. The van der Waals surface area contributed by atoms with E-state index in [1.165, 1.54) is 0 Å². The SMILES string of the molecule is Cc1cc(N2CCOCC2)nc(C2CC2)c1C(=O)NCCC(O)C(C)(C)C. The van der Waals surface area contributed by atoms with Gasteiger partial charge in [0.2, 0.25) is 0 Å². The molecule has 2 N–H and O–H groups in total. The average molecular weight is 376 g/mol. The Balaban J connectivity index is 1.73. The Morgan fingerprint density at radius 2 is 2.04 bits per heavy atom. The minimum atomic E-state index is -0.441. The van der Waals surface area contributed by atoms with E-state index >= 15 is 0 Å². The summed E-state index contributed by atoms with van der Waals surface area (Å²) in [5.41, 5.74) is 2.45. The van der Waals surface area contributed by atoms with Gasteiger partial charge in [0.25, 0.3) is 5.91 Å². The van der Waals surface area contributed by atoms with Crippen LogP contribution in [0, 0.1) is 12.3 Å².